The average molecular weight is 349 g/mol. The predicted molar refractivity (Wildman–Crippen MR) is 78.8 cm³/mol. The van der Waals surface area contributed by atoms with E-state index in [4.69, 9.17) is 16.3 Å². The summed E-state index contributed by atoms with van der Waals surface area (Å²) < 4.78 is 35.8. The van der Waals surface area contributed by atoms with Crippen molar-refractivity contribution in [1.29, 1.82) is 0 Å². The lowest BCUT2D eigenvalue weighted by Crippen LogP contribution is -2.11. The Labute approximate surface area is 133 Å². The van der Waals surface area contributed by atoms with Crippen LogP contribution in [0.2, 0.25) is 5.15 Å². The summed E-state index contributed by atoms with van der Waals surface area (Å²) in [5.41, 5.74) is 0. The van der Waals surface area contributed by atoms with E-state index in [0.29, 0.717) is 11.7 Å². The van der Waals surface area contributed by atoms with Crippen molar-refractivity contribution in [2.24, 2.45) is 0 Å². The minimum Gasteiger partial charge on any atom is -0.489 e. The van der Waals surface area contributed by atoms with Crippen molar-refractivity contribution in [2.45, 2.75) is 0 Å². The van der Waals surface area contributed by atoms with Crippen LogP contribution in [-0.4, -0.2) is 31.2 Å². The molecule has 2 aromatic rings. The van der Waals surface area contributed by atoms with Crippen molar-refractivity contribution >= 4 is 34.0 Å². The first-order chi connectivity index (χ1) is 10.5. The third-order valence-corrected chi connectivity index (χ3v) is 3.87. The van der Waals surface area contributed by atoms with Gasteiger partial charge in [0.1, 0.15) is 12.4 Å². The van der Waals surface area contributed by atoms with Crippen LogP contribution in [-0.2, 0) is 4.74 Å². The second-order valence-electron chi connectivity index (χ2n) is 3.98. The molecule has 0 atom stereocenters. The van der Waals surface area contributed by atoms with Gasteiger partial charge in [-0.2, -0.15) is 0 Å². The first kappa shape index (κ1) is 16.4. The van der Waals surface area contributed by atoms with Crippen LogP contribution in [0.1, 0.15) is 9.67 Å². The lowest BCUT2D eigenvalue weighted by molar-refractivity contribution is 0.0606. The molecule has 0 unspecified atom stereocenters. The lowest BCUT2D eigenvalue weighted by atomic mass is 10.3. The summed E-state index contributed by atoms with van der Waals surface area (Å²) in [4.78, 5) is 15.5. The topological polar surface area (TPSA) is 60.5 Å². The number of anilines is 1. The second-order valence-corrected chi connectivity index (χ2v) is 5.34. The normalized spacial score (nSPS) is 10.4. The molecule has 5 nitrogen and oxygen atoms in total. The first-order valence-electron chi connectivity index (χ1n) is 6.07. The maximum atomic E-state index is 13.3. The molecule has 0 bridgehead atoms. The van der Waals surface area contributed by atoms with Crippen molar-refractivity contribution in [1.82, 2.24) is 4.98 Å². The molecule has 0 amide bonds. The van der Waals surface area contributed by atoms with Gasteiger partial charge in [0.05, 0.1) is 13.7 Å². The summed E-state index contributed by atoms with van der Waals surface area (Å²) in [5.74, 6) is -2.06. The molecule has 118 valence electrons. The van der Waals surface area contributed by atoms with E-state index in [9.17, 15) is 13.6 Å². The third kappa shape index (κ3) is 4.05. The van der Waals surface area contributed by atoms with Gasteiger partial charge in [0.2, 0.25) is 0 Å². The number of methoxy groups -OCH3 is 1. The molecule has 1 N–H and O–H groups in total. The number of halogens is 3. The third-order valence-electron chi connectivity index (χ3n) is 2.49. The minimum atomic E-state index is -0.773. The number of hydrogen-bond acceptors (Lipinski definition) is 6. The molecule has 0 aliphatic heterocycles. The van der Waals surface area contributed by atoms with E-state index >= 15 is 0 Å². The standard InChI is InChI=1S/C13H11ClF2N2O3S/c1-20-12(19)10-11(14)18-13(22-10)17-4-5-21-9-3-2-7(15)6-8(9)16/h2-3,6H,4-5H2,1H3,(H,17,18). The molecule has 9 heteroatoms. The van der Waals surface area contributed by atoms with Crippen LogP contribution in [0.25, 0.3) is 0 Å². The number of esters is 1. The number of rotatable bonds is 6. The zero-order valence-electron chi connectivity index (χ0n) is 11.4. The number of carbonyl (C=O) groups excluding carboxylic acids is 1. The molecule has 0 saturated carbocycles. The molecule has 2 rings (SSSR count). The smallest absolute Gasteiger partial charge is 0.351 e. The molecule has 22 heavy (non-hydrogen) atoms. The van der Waals surface area contributed by atoms with Crippen LogP contribution in [0.15, 0.2) is 18.2 Å². The number of thiazole rings is 1. The second kappa shape index (κ2) is 7.37. The number of ether oxygens (including phenoxy) is 2. The Balaban J connectivity index is 1.85. The van der Waals surface area contributed by atoms with Gasteiger partial charge in [-0.15, -0.1) is 0 Å². The highest BCUT2D eigenvalue weighted by molar-refractivity contribution is 7.18. The largest absolute Gasteiger partial charge is 0.489 e. The van der Waals surface area contributed by atoms with E-state index in [0.717, 1.165) is 23.5 Å². The maximum absolute atomic E-state index is 13.3. The summed E-state index contributed by atoms with van der Waals surface area (Å²) in [6, 6.07) is 3.06. The van der Waals surface area contributed by atoms with Crippen molar-refractivity contribution in [3.8, 4) is 5.75 Å². The van der Waals surface area contributed by atoms with Crippen molar-refractivity contribution in [3.63, 3.8) is 0 Å². The number of aromatic nitrogens is 1. The van der Waals surface area contributed by atoms with Crippen LogP contribution in [0.3, 0.4) is 0 Å². The molecule has 1 aromatic heterocycles. The molecule has 0 spiro atoms. The van der Waals surface area contributed by atoms with Crippen LogP contribution in [0.5, 0.6) is 5.75 Å². The molecular weight excluding hydrogens is 338 g/mol. The SMILES string of the molecule is COC(=O)c1sc(NCCOc2ccc(F)cc2F)nc1Cl. The van der Waals surface area contributed by atoms with Gasteiger partial charge in [-0.25, -0.2) is 18.6 Å². The van der Waals surface area contributed by atoms with Gasteiger partial charge < -0.3 is 14.8 Å². The van der Waals surface area contributed by atoms with Crippen LogP contribution >= 0.6 is 22.9 Å². The van der Waals surface area contributed by atoms with Crippen LogP contribution < -0.4 is 10.1 Å². The number of nitrogens with one attached hydrogen (secondary N) is 1. The monoisotopic (exact) mass is 348 g/mol. The van der Waals surface area contributed by atoms with Gasteiger partial charge in [-0.1, -0.05) is 22.9 Å². The molecular formula is C13H11ClF2N2O3S. The van der Waals surface area contributed by atoms with Crippen LogP contribution in [0.4, 0.5) is 13.9 Å². The molecule has 0 aliphatic rings. The molecule has 0 aliphatic carbocycles. The zero-order valence-corrected chi connectivity index (χ0v) is 12.9. The van der Waals surface area contributed by atoms with E-state index in [1.807, 2.05) is 0 Å². The highest BCUT2D eigenvalue weighted by atomic mass is 35.5. The van der Waals surface area contributed by atoms with Gasteiger partial charge >= 0.3 is 5.97 Å². The van der Waals surface area contributed by atoms with E-state index in [-0.39, 0.29) is 22.4 Å². The van der Waals surface area contributed by atoms with Gasteiger partial charge in [0.15, 0.2) is 26.7 Å². The average Bonchev–Trinajstić information content (AvgIpc) is 2.85. The minimum absolute atomic E-state index is 0.0457. The number of benzene rings is 1. The van der Waals surface area contributed by atoms with E-state index < -0.39 is 17.6 Å². The zero-order chi connectivity index (χ0) is 16.1. The molecule has 0 radical (unpaired) electrons. The Hall–Kier alpha value is -1.93. The highest BCUT2D eigenvalue weighted by Crippen LogP contribution is 2.27. The van der Waals surface area contributed by atoms with Gasteiger partial charge in [-0.3, -0.25) is 0 Å². The Morgan fingerprint density at radius 2 is 2.23 bits per heavy atom. The van der Waals surface area contributed by atoms with Gasteiger partial charge in [0.25, 0.3) is 0 Å². The van der Waals surface area contributed by atoms with E-state index in [1.54, 1.807) is 0 Å². The molecule has 0 saturated heterocycles. The fourth-order valence-electron chi connectivity index (χ4n) is 1.51. The fourth-order valence-corrected chi connectivity index (χ4v) is 2.64. The van der Waals surface area contributed by atoms with Crippen molar-refractivity contribution in [2.75, 3.05) is 25.6 Å². The van der Waals surface area contributed by atoms with Crippen molar-refractivity contribution < 1.29 is 23.0 Å². The Morgan fingerprint density at radius 3 is 2.91 bits per heavy atom. The summed E-state index contributed by atoms with van der Waals surface area (Å²) in [6.45, 7) is 0.411. The van der Waals surface area contributed by atoms with E-state index in [1.165, 1.54) is 13.2 Å². The maximum Gasteiger partial charge on any atom is 0.351 e. The quantitative estimate of drug-likeness (QED) is 0.640. The molecule has 1 aromatic carbocycles. The van der Waals surface area contributed by atoms with E-state index in [2.05, 4.69) is 15.0 Å². The Morgan fingerprint density at radius 1 is 1.45 bits per heavy atom. The summed E-state index contributed by atoms with van der Waals surface area (Å²) in [7, 11) is 1.25. The Bertz CT molecular complexity index is 681. The first-order valence-corrected chi connectivity index (χ1v) is 7.27. The van der Waals surface area contributed by atoms with Crippen LogP contribution in [0, 0.1) is 11.6 Å². The summed E-state index contributed by atoms with van der Waals surface area (Å²) >= 11 is 6.84. The predicted octanol–water partition coefficient (Wildman–Crippen LogP) is 3.35. The number of hydrogen-bond donors (Lipinski definition) is 1. The molecule has 0 fully saturated rings. The Kier molecular flexibility index (Phi) is 5.51. The summed E-state index contributed by atoms with van der Waals surface area (Å²) in [6.07, 6.45) is 0. The molecule has 1 heterocycles. The number of nitrogens with zero attached hydrogens (tertiary/aromatic N) is 1. The van der Waals surface area contributed by atoms with Gasteiger partial charge in [-0.05, 0) is 12.1 Å². The van der Waals surface area contributed by atoms with Crippen molar-refractivity contribution in [3.05, 3.63) is 39.9 Å². The number of carbonyl (C=O) groups is 1. The highest BCUT2D eigenvalue weighted by Gasteiger charge is 2.17. The lowest BCUT2D eigenvalue weighted by Gasteiger charge is -2.07. The van der Waals surface area contributed by atoms with Gasteiger partial charge in [0, 0.05) is 6.07 Å². The summed E-state index contributed by atoms with van der Waals surface area (Å²) in [5, 5.41) is 3.34. The fraction of sp³-hybridized carbons (Fsp3) is 0.231.